The van der Waals surface area contributed by atoms with Crippen LogP contribution in [0.1, 0.15) is 57.2 Å². The maximum atomic E-state index is 11.8. The highest BCUT2D eigenvalue weighted by Crippen LogP contribution is 2.27. The van der Waals surface area contributed by atoms with Crippen LogP contribution in [0.3, 0.4) is 0 Å². The van der Waals surface area contributed by atoms with Gasteiger partial charge in [0.2, 0.25) is 11.1 Å². The Balaban J connectivity index is 1.36. The van der Waals surface area contributed by atoms with E-state index in [1.165, 1.54) is 37.4 Å². The molecule has 1 aromatic rings. The maximum absolute atomic E-state index is 11.8. The molecule has 0 unspecified atom stereocenters. The highest BCUT2D eigenvalue weighted by atomic mass is 32.2. The first-order chi connectivity index (χ1) is 11.7. The molecule has 7 nitrogen and oxygen atoms in total. The van der Waals surface area contributed by atoms with Gasteiger partial charge in [-0.1, -0.05) is 50.3 Å². The number of carbonyl (C=O) groups is 2. The maximum Gasteiger partial charge on any atom is 0.321 e. The van der Waals surface area contributed by atoms with Crippen LogP contribution < -0.4 is 10.6 Å². The van der Waals surface area contributed by atoms with Crippen LogP contribution >= 0.6 is 11.8 Å². The Hall–Kier alpha value is -1.57. The van der Waals surface area contributed by atoms with Crippen LogP contribution in [0.4, 0.5) is 4.79 Å². The van der Waals surface area contributed by atoms with Gasteiger partial charge in [-0.3, -0.25) is 15.2 Å². The number of aromatic amines is 1. The largest absolute Gasteiger partial charge is 0.335 e. The predicted molar refractivity (Wildman–Crippen MR) is 91.7 cm³/mol. The van der Waals surface area contributed by atoms with Gasteiger partial charge in [-0.25, -0.2) is 9.78 Å². The van der Waals surface area contributed by atoms with Crippen molar-refractivity contribution in [1.82, 2.24) is 25.8 Å². The van der Waals surface area contributed by atoms with Crippen molar-refractivity contribution in [1.29, 1.82) is 0 Å². The van der Waals surface area contributed by atoms with Gasteiger partial charge in [0.1, 0.15) is 5.82 Å². The van der Waals surface area contributed by atoms with E-state index in [1.807, 2.05) is 0 Å². The fraction of sp³-hybridized carbons (Fsp3) is 0.750. The van der Waals surface area contributed by atoms with Crippen LogP contribution in [0.25, 0.3) is 0 Å². The average molecular weight is 351 g/mol. The lowest BCUT2D eigenvalue weighted by Gasteiger charge is -2.11. The Morgan fingerprint density at radius 2 is 1.83 bits per heavy atom. The summed E-state index contributed by atoms with van der Waals surface area (Å²) in [6.07, 6.45) is 10.4. The third-order valence-corrected chi connectivity index (χ3v) is 5.59. The van der Waals surface area contributed by atoms with Gasteiger partial charge in [0.25, 0.3) is 0 Å². The van der Waals surface area contributed by atoms with E-state index in [2.05, 4.69) is 25.8 Å². The SMILES string of the molecule is O=C(CSc1n[nH]c(CC2CCCC2)n1)NC(=O)NC1CCCC1. The van der Waals surface area contributed by atoms with Crippen molar-refractivity contribution in [2.45, 2.75) is 69.0 Å². The molecule has 2 aliphatic rings. The second-order valence-electron chi connectivity index (χ2n) is 6.71. The molecule has 0 spiro atoms. The van der Waals surface area contributed by atoms with Crippen LogP contribution in [0.5, 0.6) is 0 Å². The number of imide groups is 1. The van der Waals surface area contributed by atoms with Gasteiger partial charge < -0.3 is 5.32 Å². The molecule has 1 aromatic heterocycles. The Kier molecular flexibility index (Phi) is 6.12. The number of H-pyrrole nitrogens is 1. The second-order valence-corrected chi connectivity index (χ2v) is 7.65. The summed E-state index contributed by atoms with van der Waals surface area (Å²) in [5, 5.41) is 12.9. The molecule has 0 atom stereocenters. The van der Waals surface area contributed by atoms with Crippen LogP contribution in [-0.2, 0) is 11.2 Å². The molecule has 8 heteroatoms. The smallest absolute Gasteiger partial charge is 0.321 e. The van der Waals surface area contributed by atoms with Crippen LogP contribution in [0, 0.1) is 5.92 Å². The fourth-order valence-corrected chi connectivity index (χ4v) is 4.12. The van der Waals surface area contributed by atoms with Gasteiger partial charge in [-0.15, -0.1) is 5.10 Å². The highest BCUT2D eigenvalue weighted by molar-refractivity contribution is 7.99. The number of rotatable bonds is 6. The quantitative estimate of drug-likeness (QED) is 0.683. The van der Waals surface area contributed by atoms with Gasteiger partial charge in [0, 0.05) is 12.5 Å². The summed E-state index contributed by atoms with van der Waals surface area (Å²) < 4.78 is 0. The number of aromatic nitrogens is 3. The molecule has 0 aliphatic heterocycles. The van der Waals surface area contributed by atoms with E-state index in [4.69, 9.17) is 0 Å². The molecular formula is C16H25N5O2S. The summed E-state index contributed by atoms with van der Waals surface area (Å²) in [6.45, 7) is 0. The van der Waals surface area contributed by atoms with Gasteiger partial charge in [-0.05, 0) is 18.8 Å². The van der Waals surface area contributed by atoms with Crippen LogP contribution in [-0.4, -0.2) is 38.9 Å². The van der Waals surface area contributed by atoms with Crippen molar-refractivity contribution in [3.8, 4) is 0 Å². The Bertz CT molecular complexity index is 565. The molecule has 1 heterocycles. The molecule has 132 valence electrons. The lowest BCUT2D eigenvalue weighted by atomic mass is 10.0. The van der Waals surface area contributed by atoms with Crippen LogP contribution in [0.2, 0.25) is 0 Å². The van der Waals surface area contributed by atoms with E-state index < -0.39 is 6.03 Å². The molecule has 24 heavy (non-hydrogen) atoms. The Morgan fingerprint density at radius 3 is 2.58 bits per heavy atom. The number of nitrogens with one attached hydrogen (secondary N) is 3. The summed E-state index contributed by atoms with van der Waals surface area (Å²) >= 11 is 1.25. The summed E-state index contributed by atoms with van der Waals surface area (Å²) in [5.74, 6) is 1.42. The van der Waals surface area contributed by atoms with E-state index >= 15 is 0 Å². The molecule has 2 saturated carbocycles. The number of nitrogens with zero attached hydrogens (tertiary/aromatic N) is 2. The topological polar surface area (TPSA) is 99.8 Å². The average Bonchev–Trinajstić information content (AvgIpc) is 3.28. The molecular weight excluding hydrogens is 326 g/mol. The monoisotopic (exact) mass is 351 g/mol. The van der Waals surface area contributed by atoms with Crippen molar-refractivity contribution in [3.63, 3.8) is 0 Å². The first-order valence-corrected chi connectivity index (χ1v) is 9.82. The van der Waals surface area contributed by atoms with Crippen molar-refractivity contribution in [2.24, 2.45) is 5.92 Å². The van der Waals surface area contributed by atoms with Gasteiger partial charge in [0.15, 0.2) is 0 Å². The molecule has 0 saturated heterocycles. The number of carbonyl (C=O) groups excluding carboxylic acids is 2. The first kappa shape index (κ1) is 17.3. The molecule has 3 N–H and O–H groups in total. The Labute approximate surface area is 146 Å². The van der Waals surface area contributed by atoms with E-state index in [0.717, 1.165) is 37.9 Å². The molecule has 3 amide bonds. The van der Waals surface area contributed by atoms with E-state index in [-0.39, 0.29) is 17.7 Å². The normalized spacial score (nSPS) is 18.8. The second kappa shape index (κ2) is 8.50. The number of thioether (sulfide) groups is 1. The van der Waals surface area contributed by atoms with Gasteiger partial charge >= 0.3 is 6.03 Å². The van der Waals surface area contributed by atoms with Crippen LogP contribution in [0.15, 0.2) is 5.16 Å². The molecule has 2 aliphatic carbocycles. The number of amides is 3. The van der Waals surface area contributed by atoms with Crippen molar-refractivity contribution >= 4 is 23.7 Å². The summed E-state index contributed by atoms with van der Waals surface area (Å²) in [4.78, 5) is 28.0. The molecule has 3 rings (SSSR count). The zero-order valence-corrected chi connectivity index (χ0v) is 14.7. The number of urea groups is 1. The first-order valence-electron chi connectivity index (χ1n) is 8.83. The van der Waals surface area contributed by atoms with Crippen molar-refractivity contribution in [2.75, 3.05) is 5.75 Å². The summed E-state index contributed by atoms with van der Waals surface area (Å²) in [7, 11) is 0. The third-order valence-electron chi connectivity index (χ3n) is 4.74. The minimum absolute atomic E-state index is 0.138. The standard InChI is InChI=1S/C16H25N5O2S/c22-14(19-15(23)17-12-7-3-4-8-12)10-24-16-18-13(20-21-16)9-11-5-1-2-6-11/h11-12H,1-10H2,(H,18,20,21)(H2,17,19,22,23). The number of hydrogen-bond acceptors (Lipinski definition) is 5. The molecule has 0 bridgehead atoms. The van der Waals surface area contributed by atoms with E-state index in [0.29, 0.717) is 11.1 Å². The zero-order chi connectivity index (χ0) is 16.8. The van der Waals surface area contributed by atoms with Crippen molar-refractivity contribution < 1.29 is 9.59 Å². The molecule has 2 fully saturated rings. The third kappa shape index (κ3) is 5.22. The minimum atomic E-state index is -0.399. The van der Waals surface area contributed by atoms with Gasteiger partial charge in [0.05, 0.1) is 5.75 Å². The number of hydrogen-bond donors (Lipinski definition) is 3. The summed E-state index contributed by atoms with van der Waals surface area (Å²) in [6, 6.07) is -0.194. The highest BCUT2D eigenvalue weighted by Gasteiger charge is 2.19. The molecule has 0 aromatic carbocycles. The lowest BCUT2D eigenvalue weighted by molar-refractivity contribution is -0.117. The predicted octanol–water partition coefficient (Wildman–Crippen LogP) is 2.40. The van der Waals surface area contributed by atoms with E-state index in [1.54, 1.807) is 0 Å². The lowest BCUT2D eigenvalue weighted by Crippen LogP contribution is -2.44. The fourth-order valence-electron chi connectivity index (χ4n) is 3.51. The zero-order valence-electron chi connectivity index (χ0n) is 13.8. The van der Waals surface area contributed by atoms with Crippen molar-refractivity contribution in [3.05, 3.63) is 5.82 Å². The van der Waals surface area contributed by atoms with Gasteiger partial charge in [-0.2, -0.15) is 0 Å². The minimum Gasteiger partial charge on any atom is -0.335 e. The van der Waals surface area contributed by atoms with E-state index in [9.17, 15) is 9.59 Å². The molecule has 0 radical (unpaired) electrons. The summed E-state index contributed by atoms with van der Waals surface area (Å²) in [5.41, 5.74) is 0. The Morgan fingerprint density at radius 1 is 1.12 bits per heavy atom.